The summed E-state index contributed by atoms with van der Waals surface area (Å²) in [7, 11) is -1.17. The number of anilines is 1. The van der Waals surface area contributed by atoms with E-state index in [0.717, 1.165) is 16.4 Å². The topological polar surface area (TPSA) is 55.8 Å². The van der Waals surface area contributed by atoms with E-state index >= 15 is 0 Å². The summed E-state index contributed by atoms with van der Waals surface area (Å²) < 4.78 is 66.6. The first-order chi connectivity index (χ1) is 14.7. The van der Waals surface area contributed by atoms with E-state index in [1.165, 1.54) is 44.6 Å². The quantitative estimate of drug-likeness (QED) is 0.497. The third kappa shape index (κ3) is 4.49. The van der Waals surface area contributed by atoms with Crippen LogP contribution in [0.1, 0.15) is 24.1 Å². The van der Waals surface area contributed by atoms with E-state index in [4.69, 9.17) is 9.47 Å². The Morgan fingerprint density at radius 2 is 1.52 bits per heavy atom. The minimum absolute atomic E-state index is 0.109. The summed E-state index contributed by atoms with van der Waals surface area (Å²) in [6.07, 6.45) is 0. The van der Waals surface area contributed by atoms with Gasteiger partial charge in [-0.25, -0.2) is 17.2 Å². The van der Waals surface area contributed by atoms with Crippen LogP contribution in [0.25, 0.3) is 0 Å². The number of aryl methyl sites for hydroxylation is 1. The molecule has 3 aromatic rings. The van der Waals surface area contributed by atoms with Crippen molar-refractivity contribution in [3.05, 3.63) is 83.4 Å². The fourth-order valence-corrected chi connectivity index (χ4v) is 4.89. The average Bonchev–Trinajstić information content (AvgIpc) is 2.75. The summed E-state index contributed by atoms with van der Waals surface area (Å²) >= 11 is 0. The van der Waals surface area contributed by atoms with Gasteiger partial charge in [0.2, 0.25) is 0 Å². The van der Waals surface area contributed by atoms with Gasteiger partial charge in [-0.05, 0) is 73.5 Å². The van der Waals surface area contributed by atoms with E-state index in [-0.39, 0.29) is 10.6 Å². The zero-order chi connectivity index (χ0) is 22.8. The molecule has 0 aliphatic heterocycles. The zero-order valence-electron chi connectivity index (χ0n) is 17.6. The summed E-state index contributed by atoms with van der Waals surface area (Å²) in [6.45, 7) is 3.27. The van der Waals surface area contributed by atoms with Crippen LogP contribution >= 0.6 is 0 Å². The smallest absolute Gasteiger partial charge is 0.264 e. The number of halogens is 2. The maximum Gasteiger partial charge on any atom is 0.264 e. The van der Waals surface area contributed by atoms with Gasteiger partial charge < -0.3 is 9.47 Å². The molecule has 164 valence electrons. The van der Waals surface area contributed by atoms with Crippen molar-refractivity contribution in [2.45, 2.75) is 24.8 Å². The molecule has 0 fully saturated rings. The number of ether oxygens (including phenoxy) is 2. The molecular formula is C23H23F2NO4S. The maximum absolute atomic E-state index is 14.4. The second-order valence-electron chi connectivity index (χ2n) is 6.98. The van der Waals surface area contributed by atoms with Crippen LogP contribution in [0.2, 0.25) is 0 Å². The normalized spacial score (nSPS) is 12.3. The van der Waals surface area contributed by atoms with Crippen molar-refractivity contribution >= 4 is 15.7 Å². The number of benzene rings is 3. The van der Waals surface area contributed by atoms with E-state index in [1.54, 1.807) is 32.0 Å². The predicted molar refractivity (Wildman–Crippen MR) is 115 cm³/mol. The van der Waals surface area contributed by atoms with Gasteiger partial charge in [0, 0.05) is 0 Å². The van der Waals surface area contributed by atoms with Crippen molar-refractivity contribution in [1.29, 1.82) is 0 Å². The maximum atomic E-state index is 14.4. The molecule has 0 amide bonds. The zero-order valence-corrected chi connectivity index (χ0v) is 18.4. The van der Waals surface area contributed by atoms with Gasteiger partial charge in [0.25, 0.3) is 10.0 Å². The molecule has 1 atom stereocenters. The van der Waals surface area contributed by atoms with Crippen LogP contribution in [0.3, 0.4) is 0 Å². The molecule has 0 spiro atoms. The van der Waals surface area contributed by atoms with Crippen LogP contribution in [0.4, 0.5) is 14.5 Å². The molecule has 3 rings (SSSR count). The molecule has 5 nitrogen and oxygen atoms in total. The molecule has 0 N–H and O–H groups in total. The largest absolute Gasteiger partial charge is 0.493 e. The van der Waals surface area contributed by atoms with Gasteiger partial charge >= 0.3 is 0 Å². The van der Waals surface area contributed by atoms with Crippen molar-refractivity contribution in [3.8, 4) is 11.5 Å². The Morgan fingerprint density at radius 1 is 0.871 bits per heavy atom. The number of methoxy groups -OCH3 is 2. The lowest BCUT2D eigenvalue weighted by atomic mass is 10.1. The summed E-state index contributed by atoms with van der Waals surface area (Å²) in [4.78, 5) is -0.109. The number of nitrogens with zero attached hydrogens (tertiary/aromatic N) is 1. The second kappa shape index (κ2) is 8.93. The van der Waals surface area contributed by atoms with E-state index in [9.17, 15) is 17.2 Å². The van der Waals surface area contributed by atoms with E-state index in [1.807, 2.05) is 0 Å². The molecule has 0 aliphatic carbocycles. The lowest BCUT2D eigenvalue weighted by molar-refractivity contribution is 0.354. The van der Waals surface area contributed by atoms with Gasteiger partial charge in [-0.15, -0.1) is 0 Å². The highest BCUT2D eigenvalue weighted by Crippen LogP contribution is 2.37. The Balaban J connectivity index is 2.18. The first kappa shape index (κ1) is 22.6. The first-order valence-electron chi connectivity index (χ1n) is 9.47. The standard InChI is InChI=1S/C23H23F2NO4S/c1-15-5-9-19(14-21(15)25)26(31(27,28)20-10-7-18(24)8-11-20)16(2)17-6-12-22(29-3)23(13-17)30-4/h5-14,16H,1-4H3/t16-/m0/s1. The van der Waals surface area contributed by atoms with E-state index in [0.29, 0.717) is 22.6 Å². The fourth-order valence-electron chi connectivity index (χ4n) is 3.26. The van der Waals surface area contributed by atoms with Crippen LogP contribution in [0.5, 0.6) is 11.5 Å². The fraction of sp³-hybridized carbons (Fsp3) is 0.217. The van der Waals surface area contributed by atoms with Crippen molar-refractivity contribution < 1.29 is 26.7 Å². The van der Waals surface area contributed by atoms with Gasteiger partial charge in [0.1, 0.15) is 11.6 Å². The minimum atomic E-state index is -4.16. The summed E-state index contributed by atoms with van der Waals surface area (Å²) in [5.41, 5.74) is 1.14. The molecule has 0 saturated carbocycles. The number of hydrogen-bond donors (Lipinski definition) is 0. The average molecular weight is 448 g/mol. The highest BCUT2D eigenvalue weighted by Gasteiger charge is 2.31. The minimum Gasteiger partial charge on any atom is -0.493 e. The molecule has 0 aliphatic rings. The molecule has 0 bridgehead atoms. The molecule has 0 unspecified atom stereocenters. The SMILES string of the molecule is COc1ccc([C@H](C)N(c2ccc(C)c(F)c2)S(=O)(=O)c2ccc(F)cc2)cc1OC. The Hall–Kier alpha value is -3.13. The monoisotopic (exact) mass is 447 g/mol. The molecule has 0 radical (unpaired) electrons. The first-order valence-corrected chi connectivity index (χ1v) is 10.9. The van der Waals surface area contributed by atoms with E-state index < -0.39 is 27.7 Å². The van der Waals surface area contributed by atoms with Gasteiger partial charge in [0.05, 0.1) is 30.8 Å². The van der Waals surface area contributed by atoms with Gasteiger partial charge in [-0.2, -0.15) is 0 Å². The van der Waals surface area contributed by atoms with Gasteiger partial charge in [0.15, 0.2) is 11.5 Å². The third-order valence-electron chi connectivity index (χ3n) is 5.02. The third-order valence-corrected chi connectivity index (χ3v) is 6.93. The Bertz CT molecular complexity index is 1180. The molecule has 0 aromatic heterocycles. The van der Waals surface area contributed by atoms with Gasteiger partial charge in [-0.1, -0.05) is 12.1 Å². The summed E-state index contributed by atoms with van der Waals surface area (Å²) in [6, 6.07) is 13.0. The Kier molecular flexibility index (Phi) is 6.50. The number of rotatable bonds is 7. The van der Waals surface area contributed by atoms with Crippen molar-refractivity contribution in [1.82, 2.24) is 0 Å². The van der Waals surface area contributed by atoms with Crippen LogP contribution in [0, 0.1) is 18.6 Å². The second-order valence-corrected chi connectivity index (χ2v) is 8.79. The lowest BCUT2D eigenvalue weighted by Crippen LogP contribution is -2.34. The molecule has 31 heavy (non-hydrogen) atoms. The van der Waals surface area contributed by atoms with Gasteiger partial charge in [-0.3, -0.25) is 4.31 Å². The van der Waals surface area contributed by atoms with Crippen LogP contribution in [-0.4, -0.2) is 22.6 Å². The highest BCUT2D eigenvalue weighted by molar-refractivity contribution is 7.92. The van der Waals surface area contributed by atoms with Crippen molar-refractivity contribution in [2.24, 2.45) is 0 Å². The lowest BCUT2D eigenvalue weighted by Gasteiger charge is -2.31. The van der Waals surface area contributed by atoms with Crippen LogP contribution < -0.4 is 13.8 Å². The molecule has 0 saturated heterocycles. The van der Waals surface area contributed by atoms with Crippen LogP contribution in [0.15, 0.2) is 65.6 Å². The summed E-state index contributed by atoms with van der Waals surface area (Å²) in [5.74, 6) is -0.162. The predicted octanol–water partition coefficient (Wildman–Crippen LogP) is 5.25. The molecule has 0 heterocycles. The summed E-state index contributed by atoms with van der Waals surface area (Å²) in [5, 5.41) is 0. The highest BCUT2D eigenvalue weighted by atomic mass is 32.2. The molecule has 3 aromatic carbocycles. The van der Waals surface area contributed by atoms with E-state index in [2.05, 4.69) is 0 Å². The molecular weight excluding hydrogens is 424 g/mol. The number of hydrogen-bond acceptors (Lipinski definition) is 4. The Morgan fingerprint density at radius 3 is 2.10 bits per heavy atom. The number of sulfonamides is 1. The van der Waals surface area contributed by atoms with Crippen LogP contribution in [-0.2, 0) is 10.0 Å². The van der Waals surface area contributed by atoms with Crippen molar-refractivity contribution in [2.75, 3.05) is 18.5 Å². The Labute approximate surface area is 180 Å². The van der Waals surface area contributed by atoms with Crippen molar-refractivity contribution in [3.63, 3.8) is 0 Å². The molecule has 8 heteroatoms.